The topological polar surface area (TPSA) is 63.7 Å². The van der Waals surface area contributed by atoms with Gasteiger partial charge in [-0.3, -0.25) is 14.5 Å². The van der Waals surface area contributed by atoms with Crippen LogP contribution in [-0.4, -0.2) is 17.8 Å². The number of imide groups is 1. The zero-order chi connectivity index (χ0) is 21.4. The Kier molecular flexibility index (Phi) is 3.97. The van der Waals surface area contributed by atoms with E-state index >= 15 is 0 Å². The molecule has 6 atom stereocenters. The zero-order valence-electron chi connectivity index (χ0n) is 16.8. The van der Waals surface area contributed by atoms with Crippen molar-refractivity contribution in [1.82, 2.24) is 0 Å². The fourth-order valence-electron chi connectivity index (χ4n) is 5.80. The molecule has 4 aliphatic carbocycles. The molecule has 5 aliphatic rings. The SMILES string of the molecule is Cc1cc(OC(=O)c2ccc(N3C(=O)[C@@H]4[C@H]5C=C[C@@H]([C@@H]6C[C@@H]56)[C@H]4C3=O)cc2)ccc1Cl. The summed E-state index contributed by atoms with van der Waals surface area (Å²) in [6.07, 6.45) is 5.46. The van der Waals surface area contributed by atoms with E-state index in [9.17, 15) is 14.4 Å². The summed E-state index contributed by atoms with van der Waals surface area (Å²) in [6, 6.07) is 11.5. The van der Waals surface area contributed by atoms with Gasteiger partial charge in [-0.05, 0) is 85.0 Å². The Bertz CT molecular complexity index is 1130. The molecule has 2 bridgehead atoms. The van der Waals surface area contributed by atoms with Crippen LogP contribution in [0.2, 0.25) is 5.02 Å². The van der Waals surface area contributed by atoms with Crippen molar-refractivity contribution in [3.63, 3.8) is 0 Å². The minimum absolute atomic E-state index is 0.105. The fraction of sp³-hybridized carbons (Fsp3) is 0.320. The van der Waals surface area contributed by atoms with Crippen LogP contribution >= 0.6 is 11.6 Å². The lowest BCUT2D eigenvalue weighted by atomic mass is 9.63. The quantitative estimate of drug-likeness (QED) is 0.311. The summed E-state index contributed by atoms with van der Waals surface area (Å²) < 4.78 is 5.42. The summed E-state index contributed by atoms with van der Waals surface area (Å²) in [4.78, 5) is 40.2. The van der Waals surface area contributed by atoms with Gasteiger partial charge in [0, 0.05) is 5.02 Å². The second kappa shape index (κ2) is 6.54. The molecule has 1 saturated heterocycles. The van der Waals surface area contributed by atoms with Gasteiger partial charge in [-0.25, -0.2) is 4.79 Å². The molecule has 1 aliphatic heterocycles. The average molecular weight is 434 g/mol. The number of carbonyl (C=O) groups is 3. The van der Waals surface area contributed by atoms with Crippen LogP contribution in [0.25, 0.3) is 0 Å². The number of ether oxygens (including phenoxy) is 1. The Hall–Kier alpha value is -2.92. The number of allylic oxidation sites excluding steroid dienone is 2. The van der Waals surface area contributed by atoms with E-state index < -0.39 is 5.97 Å². The van der Waals surface area contributed by atoms with E-state index in [-0.39, 0.29) is 35.5 Å². The summed E-state index contributed by atoms with van der Waals surface area (Å²) in [5, 5.41) is 0.602. The molecule has 2 aromatic carbocycles. The Morgan fingerprint density at radius 1 is 0.968 bits per heavy atom. The number of benzene rings is 2. The highest BCUT2D eigenvalue weighted by Crippen LogP contribution is 2.65. The van der Waals surface area contributed by atoms with Gasteiger partial charge < -0.3 is 4.74 Å². The lowest BCUT2D eigenvalue weighted by Gasteiger charge is -2.37. The standard InChI is InChI=1S/C25H20ClNO4/c1-12-10-15(6-9-20(12)26)31-25(30)13-2-4-14(5-3-13)27-23(28)21-16-7-8-17(19-11-18(16)19)22(21)24(27)29/h2-10,16-19,21-22H,11H2,1H3/t16-,17-,18-,19-,21+,22+/m0/s1. The van der Waals surface area contributed by atoms with Crippen LogP contribution in [0.5, 0.6) is 5.75 Å². The molecule has 1 heterocycles. The van der Waals surface area contributed by atoms with Crippen LogP contribution in [0, 0.1) is 42.4 Å². The molecule has 2 saturated carbocycles. The molecule has 0 radical (unpaired) electrons. The lowest BCUT2D eigenvalue weighted by molar-refractivity contribution is -0.124. The zero-order valence-corrected chi connectivity index (χ0v) is 17.6. The van der Waals surface area contributed by atoms with Crippen LogP contribution in [0.3, 0.4) is 0 Å². The minimum Gasteiger partial charge on any atom is -0.423 e. The second-order valence-corrected chi connectivity index (χ2v) is 9.42. The predicted molar refractivity (Wildman–Crippen MR) is 115 cm³/mol. The Labute approximate surface area is 184 Å². The van der Waals surface area contributed by atoms with E-state index in [2.05, 4.69) is 12.2 Å². The number of aryl methyl sites for hydroxylation is 1. The molecule has 6 heteroatoms. The van der Waals surface area contributed by atoms with Gasteiger partial charge in [0.1, 0.15) is 5.75 Å². The van der Waals surface area contributed by atoms with Crippen molar-refractivity contribution in [3.05, 3.63) is 70.8 Å². The van der Waals surface area contributed by atoms with Gasteiger partial charge in [-0.2, -0.15) is 0 Å². The van der Waals surface area contributed by atoms with Crippen molar-refractivity contribution in [1.29, 1.82) is 0 Å². The number of nitrogens with zero attached hydrogens (tertiary/aromatic N) is 1. The summed E-state index contributed by atoms with van der Waals surface area (Å²) in [6.45, 7) is 1.83. The van der Waals surface area contributed by atoms with E-state index in [4.69, 9.17) is 16.3 Å². The van der Waals surface area contributed by atoms with E-state index in [1.807, 2.05) is 6.92 Å². The van der Waals surface area contributed by atoms with Crippen molar-refractivity contribution < 1.29 is 19.1 Å². The number of hydrogen-bond donors (Lipinski definition) is 0. The third kappa shape index (κ3) is 2.72. The number of esters is 1. The number of halogens is 1. The molecule has 0 aromatic heterocycles. The Morgan fingerprint density at radius 3 is 2.16 bits per heavy atom. The highest BCUT2D eigenvalue weighted by molar-refractivity contribution is 6.31. The van der Waals surface area contributed by atoms with Crippen LogP contribution in [0.15, 0.2) is 54.6 Å². The summed E-state index contributed by atoms with van der Waals surface area (Å²) in [7, 11) is 0. The monoisotopic (exact) mass is 433 g/mol. The molecule has 0 spiro atoms. The van der Waals surface area contributed by atoms with Crippen LogP contribution in [-0.2, 0) is 9.59 Å². The van der Waals surface area contributed by atoms with Crippen LogP contribution in [0.1, 0.15) is 22.3 Å². The van der Waals surface area contributed by atoms with Gasteiger partial charge >= 0.3 is 5.97 Å². The fourth-order valence-corrected chi connectivity index (χ4v) is 5.92. The molecular weight excluding hydrogens is 414 g/mol. The molecule has 0 unspecified atom stereocenters. The molecule has 7 rings (SSSR count). The maximum atomic E-state index is 13.2. The van der Waals surface area contributed by atoms with Gasteiger partial charge in [-0.1, -0.05) is 23.8 Å². The first-order valence-electron chi connectivity index (χ1n) is 10.6. The van der Waals surface area contributed by atoms with E-state index in [0.29, 0.717) is 33.9 Å². The first kappa shape index (κ1) is 18.8. The van der Waals surface area contributed by atoms with Crippen molar-refractivity contribution in [2.45, 2.75) is 13.3 Å². The molecule has 0 N–H and O–H groups in total. The van der Waals surface area contributed by atoms with Gasteiger partial charge in [0.25, 0.3) is 0 Å². The van der Waals surface area contributed by atoms with E-state index in [1.54, 1.807) is 42.5 Å². The first-order chi connectivity index (χ1) is 14.9. The van der Waals surface area contributed by atoms with Crippen molar-refractivity contribution in [2.24, 2.45) is 35.5 Å². The van der Waals surface area contributed by atoms with Gasteiger partial charge in [-0.15, -0.1) is 0 Å². The molecule has 156 valence electrons. The highest BCUT2D eigenvalue weighted by atomic mass is 35.5. The number of anilines is 1. The summed E-state index contributed by atoms with van der Waals surface area (Å²) >= 11 is 6.01. The highest BCUT2D eigenvalue weighted by Gasteiger charge is 2.67. The molecule has 3 fully saturated rings. The predicted octanol–water partition coefficient (Wildman–Crippen LogP) is 4.43. The van der Waals surface area contributed by atoms with E-state index in [1.165, 1.54) is 4.90 Å². The number of hydrogen-bond acceptors (Lipinski definition) is 4. The lowest BCUT2D eigenvalue weighted by Crippen LogP contribution is -2.40. The molecule has 31 heavy (non-hydrogen) atoms. The van der Waals surface area contributed by atoms with Gasteiger partial charge in [0.2, 0.25) is 11.8 Å². The maximum Gasteiger partial charge on any atom is 0.343 e. The molecule has 5 nitrogen and oxygen atoms in total. The normalized spacial score (nSPS) is 32.1. The van der Waals surface area contributed by atoms with Crippen LogP contribution in [0.4, 0.5) is 5.69 Å². The van der Waals surface area contributed by atoms with Crippen molar-refractivity contribution in [2.75, 3.05) is 4.90 Å². The number of carbonyl (C=O) groups excluding carboxylic acids is 3. The maximum absolute atomic E-state index is 13.2. The first-order valence-corrected chi connectivity index (χ1v) is 11.0. The molecule has 2 aromatic rings. The largest absolute Gasteiger partial charge is 0.423 e. The average Bonchev–Trinajstić information content (AvgIpc) is 3.54. The van der Waals surface area contributed by atoms with Gasteiger partial charge in [0.05, 0.1) is 23.1 Å². The van der Waals surface area contributed by atoms with Crippen LogP contribution < -0.4 is 9.64 Å². The Balaban J connectivity index is 1.22. The number of amides is 2. The third-order valence-electron chi connectivity index (χ3n) is 7.36. The number of rotatable bonds is 3. The molecular formula is C25H20ClNO4. The van der Waals surface area contributed by atoms with Gasteiger partial charge in [0.15, 0.2) is 0 Å². The molecule has 2 amide bonds. The van der Waals surface area contributed by atoms with E-state index in [0.717, 1.165) is 12.0 Å². The Morgan fingerprint density at radius 2 is 1.58 bits per heavy atom. The minimum atomic E-state index is -0.511. The third-order valence-corrected chi connectivity index (χ3v) is 7.79. The second-order valence-electron chi connectivity index (χ2n) is 9.01. The van der Waals surface area contributed by atoms with Crippen molar-refractivity contribution in [3.8, 4) is 5.75 Å². The summed E-state index contributed by atoms with van der Waals surface area (Å²) in [5.41, 5.74) is 1.67. The smallest absolute Gasteiger partial charge is 0.343 e. The summed E-state index contributed by atoms with van der Waals surface area (Å²) in [5.74, 6) is 0.751. The van der Waals surface area contributed by atoms with Crippen molar-refractivity contribution >= 4 is 35.1 Å².